The van der Waals surface area contributed by atoms with E-state index in [1.807, 2.05) is 12.1 Å². The Balaban J connectivity index is 1.90. The van der Waals surface area contributed by atoms with Gasteiger partial charge >= 0.3 is 0 Å². The van der Waals surface area contributed by atoms with Gasteiger partial charge in [-0.3, -0.25) is 9.48 Å². The number of carbonyl (C=O) groups is 1. The molecule has 0 atom stereocenters. The minimum atomic E-state index is -0.207. The van der Waals surface area contributed by atoms with Crippen molar-refractivity contribution in [2.75, 3.05) is 11.1 Å². The molecule has 2 aromatic rings. The highest BCUT2D eigenvalue weighted by Gasteiger charge is 2.18. The van der Waals surface area contributed by atoms with Crippen LogP contribution in [0.15, 0.2) is 24.4 Å². The molecule has 3 N–H and O–H groups in total. The number of hydrogen-bond acceptors (Lipinski definition) is 3. The lowest BCUT2D eigenvalue weighted by atomic mass is 9.90. The maximum Gasteiger partial charge on any atom is 0.276 e. The molecule has 1 aliphatic rings. The number of nitrogen functional groups attached to an aromatic ring is 1. The molecule has 104 valence electrons. The van der Waals surface area contributed by atoms with Gasteiger partial charge in [0.1, 0.15) is 5.69 Å². The number of carbonyl (C=O) groups excluding carboxylic acids is 1. The lowest BCUT2D eigenvalue weighted by molar-refractivity contribution is 0.101. The number of nitrogens with zero attached hydrogens (tertiary/aromatic N) is 2. The molecule has 1 amide bonds. The Morgan fingerprint density at radius 3 is 2.90 bits per heavy atom. The summed E-state index contributed by atoms with van der Waals surface area (Å²) in [5.74, 6) is -0.207. The number of nitrogens with two attached hydrogens (primary N) is 1. The van der Waals surface area contributed by atoms with Gasteiger partial charge in [0.25, 0.3) is 5.91 Å². The van der Waals surface area contributed by atoms with Gasteiger partial charge in [0.05, 0.1) is 11.9 Å². The number of hydrogen-bond donors (Lipinski definition) is 2. The second-order valence-electron chi connectivity index (χ2n) is 5.18. The number of anilines is 2. The first-order valence-electron chi connectivity index (χ1n) is 6.86. The third-order valence-electron chi connectivity index (χ3n) is 3.83. The van der Waals surface area contributed by atoms with E-state index in [4.69, 9.17) is 5.73 Å². The lowest BCUT2D eigenvalue weighted by Crippen LogP contribution is -2.19. The Labute approximate surface area is 117 Å². The molecule has 1 aliphatic carbocycles. The van der Waals surface area contributed by atoms with Crippen LogP contribution in [0.3, 0.4) is 0 Å². The van der Waals surface area contributed by atoms with E-state index in [0.717, 1.165) is 18.5 Å². The second kappa shape index (κ2) is 5.00. The molecule has 1 aromatic carbocycles. The molecule has 3 rings (SSSR count). The van der Waals surface area contributed by atoms with E-state index >= 15 is 0 Å². The third kappa shape index (κ3) is 2.15. The molecule has 20 heavy (non-hydrogen) atoms. The highest BCUT2D eigenvalue weighted by molar-refractivity contribution is 6.06. The van der Waals surface area contributed by atoms with Crippen LogP contribution in [0.1, 0.15) is 34.5 Å². The van der Waals surface area contributed by atoms with Gasteiger partial charge in [-0.1, -0.05) is 12.1 Å². The summed E-state index contributed by atoms with van der Waals surface area (Å²) in [6.45, 7) is 0. The molecule has 0 fully saturated rings. The van der Waals surface area contributed by atoms with Crippen molar-refractivity contribution in [3.63, 3.8) is 0 Å². The highest BCUT2D eigenvalue weighted by atomic mass is 16.2. The van der Waals surface area contributed by atoms with Crippen molar-refractivity contribution < 1.29 is 4.79 Å². The van der Waals surface area contributed by atoms with Crippen molar-refractivity contribution in [2.45, 2.75) is 25.7 Å². The second-order valence-corrected chi connectivity index (χ2v) is 5.18. The molecule has 0 bridgehead atoms. The lowest BCUT2D eigenvalue weighted by Gasteiger charge is -2.19. The average Bonchev–Trinajstić information content (AvgIpc) is 2.78. The van der Waals surface area contributed by atoms with Crippen LogP contribution in [0.2, 0.25) is 0 Å². The number of aryl methyl sites for hydroxylation is 2. The van der Waals surface area contributed by atoms with Crippen molar-refractivity contribution in [2.24, 2.45) is 7.05 Å². The van der Waals surface area contributed by atoms with Crippen LogP contribution in [0.4, 0.5) is 11.4 Å². The monoisotopic (exact) mass is 270 g/mol. The van der Waals surface area contributed by atoms with E-state index in [2.05, 4.69) is 16.5 Å². The molecule has 0 saturated carbocycles. The van der Waals surface area contributed by atoms with E-state index in [1.165, 1.54) is 34.8 Å². The number of aromatic nitrogens is 2. The van der Waals surface area contributed by atoms with Crippen molar-refractivity contribution in [1.82, 2.24) is 9.78 Å². The van der Waals surface area contributed by atoms with Crippen LogP contribution in [-0.2, 0) is 19.9 Å². The normalized spacial score (nSPS) is 13.8. The van der Waals surface area contributed by atoms with Crippen LogP contribution in [0.5, 0.6) is 0 Å². The van der Waals surface area contributed by atoms with Gasteiger partial charge in [0.2, 0.25) is 0 Å². The standard InChI is InChI=1S/C15H18N4O/c1-19-14(12(16)9-17-19)15(20)18-13-8-4-6-10-5-2-3-7-11(10)13/h4,6,8-9H,2-3,5,7,16H2,1H3,(H,18,20). The number of nitrogens with one attached hydrogen (secondary N) is 1. The van der Waals surface area contributed by atoms with E-state index in [1.54, 1.807) is 7.05 Å². The zero-order valence-electron chi connectivity index (χ0n) is 11.5. The highest BCUT2D eigenvalue weighted by Crippen LogP contribution is 2.28. The first-order chi connectivity index (χ1) is 9.66. The van der Waals surface area contributed by atoms with E-state index < -0.39 is 0 Å². The largest absolute Gasteiger partial charge is 0.396 e. The molecular weight excluding hydrogens is 252 g/mol. The third-order valence-corrected chi connectivity index (χ3v) is 3.83. The minimum Gasteiger partial charge on any atom is -0.396 e. The van der Waals surface area contributed by atoms with Gasteiger partial charge in [-0.2, -0.15) is 5.10 Å². The van der Waals surface area contributed by atoms with Crippen molar-refractivity contribution >= 4 is 17.3 Å². The number of rotatable bonds is 2. The molecule has 0 aliphatic heterocycles. The Morgan fingerprint density at radius 2 is 2.15 bits per heavy atom. The van der Waals surface area contributed by atoms with Gasteiger partial charge < -0.3 is 11.1 Å². The fourth-order valence-corrected chi connectivity index (χ4v) is 2.81. The SMILES string of the molecule is Cn1ncc(N)c1C(=O)Nc1cccc2c1CCCC2. The summed E-state index contributed by atoms with van der Waals surface area (Å²) in [5, 5.41) is 6.97. The Morgan fingerprint density at radius 1 is 1.35 bits per heavy atom. The van der Waals surface area contributed by atoms with Crippen molar-refractivity contribution in [3.8, 4) is 0 Å². The minimum absolute atomic E-state index is 0.207. The van der Waals surface area contributed by atoms with E-state index in [-0.39, 0.29) is 5.91 Å². The summed E-state index contributed by atoms with van der Waals surface area (Å²) >= 11 is 0. The molecular formula is C15H18N4O. The smallest absolute Gasteiger partial charge is 0.276 e. The average molecular weight is 270 g/mol. The van der Waals surface area contributed by atoms with Crippen LogP contribution >= 0.6 is 0 Å². The van der Waals surface area contributed by atoms with Gasteiger partial charge in [0.15, 0.2) is 0 Å². The first-order valence-corrected chi connectivity index (χ1v) is 6.86. The number of amides is 1. The van der Waals surface area contributed by atoms with Crippen LogP contribution in [-0.4, -0.2) is 15.7 Å². The topological polar surface area (TPSA) is 72.9 Å². The molecule has 1 aromatic heterocycles. The molecule has 0 saturated heterocycles. The maximum absolute atomic E-state index is 12.4. The summed E-state index contributed by atoms with van der Waals surface area (Å²) in [7, 11) is 1.71. The van der Waals surface area contributed by atoms with Gasteiger partial charge in [-0.15, -0.1) is 0 Å². The fourth-order valence-electron chi connectivity index (χ4n) is 2.81. The van der Waals surface area contributed by atoms with Gasteiger partial charge in [-0.05, 0) is 42.9 Å². The predicted molar refractivity (Wildman–Crippen MR) is 78.7 cm³/mol. The molecule has 5 heteroatoms. The van der Waals surface area contributed by atoms with Crippen LogP contribution in [0, 0.1) is 0 Å². The van der Waals surface area contributed by atoms with Gasteiger partial charge in [0, 0.05) is 12.7 Å². The molecule has 0 unspecified atom stereocenters. The summed E-state index contributed by atoms with van der Waals surface area (Å²) < 4.78 is 1.50. The van der Waals surface area contributed by atoms with Crippen molar-refractivity contribution in [1.29, 1.82) is 0 Å². The summed E-state index contributed by atoms with van der Waals surface area (Å²) in [6, 6.07) is 6.09. The Bertz CT molecular complexity index is 640. The zero-order valence-corrected chi connectivity index (χ0v) is 11.5. The summed E-state index contributed by atoms with van der Waals surface area (Å²) in [6.07, 6.45) is 6.00. The molecule has 1 heterocycles. The summed E-state index contributed by atoms with van der Waals surface area (Å²) in [4.78, 5) is 12.4. The first kappa shape index (κ1) is 12.7. The van der Waals surface area contributed by atoms with E-state index in [0.29, 0.717) is 11.4 Å². The fraction of sp³-hybridized carbons (Fsp3) is 0.333. The quantitative estimate of drug-likeness (QED) is 0.878. The van der Waals surface area contributed by atoms with Gasteiger partial charge in [-0.25, -0.2) is 0 Å². The Kier molecular flexibility index (Phi) is 3.18. The number of benzene rings is 1. The Hall–Kier alpha value is -2.30. The molecule has 0 radical (unpaired) electrons. The van der Waals surface area contributed by atoms with Crippen LogP contribution < -0.4 is 11.1 Å². The molecule has 5 nitrogen and oxygen atoms in total. The molecule has 0 spiro atoms. The maximum atomic E-state index is 12.4. The van der Waals surface area contributed by atoms with Crippen LogP contribution in [0.25, 0.3) is 0 Å². The number of fused-ring (bicyclic) bond motifs is 1. The van der Waals surface area contributed by atoms with E-state index in [9.17, 15) is 4.79 Å². The zero-order chi connectivity index (χ0) is 14.1. The predicted octanol–water partition coefficient (Wildman–Crippen LogP) is 2.13. The summed E-state index contributed by atoms with van der Waals surface area (Å²) in [5.41, 5.74) is 10.1. The van der Waals surface area contributed by atoms with Crippen molar-refractivity contribution in [3.05, 3.63) is 41.2 Å².